The van der Waals surface area contributed by atoms with Gasteiger partial charge in [-0.3, -0.25) is 9.69 Å². The van der Waals surface area contributed by atoms with Gasteiger partial charge in [0, 0.05) is 12.6 Å². The van der Waals surface area contributed by atoms with E-state index in [2.05, 4.69) is 21.5 Å². The van der Waals surface area contributed by atoms with Crippen LogP contribution in [-0.2, 0) is 4.79 Å². The van der Waals surface area contributed by atoms with Gasteiger partial charge in [0.05, 0.1) is 12.6 Å². The standard InChI is InChI=1S/C13H23N3O/c1-4-8-15-13(17)11(2)16(3)10-12-7-5-6-9-14-12/h1,11-12,14H,5-10H2,2-3H3,(H,15,17). The van der Waals surface area contributed by atoms with Crippen molar-refractivity contribution >= 4 is 5.91 Å². The first-order valence-electron chi connectivity index (χ1n) is 6.30. The second-order valence-corrected chi connectivity index (χ2v) is 4.68. The molecule has 17 heavy (non-hydrogen) atoms. The van der Waals surface area contributed by atoms with Crippen molar-refractivity contribution in [3.8, 4) is 12.3 Å². The summed E-state index contributed by atoms with van der Waals surface area (Å²) in [6.07, 6.45) is 8.85. The monoisotopic (exact) mass is 237 g/mol. The second kappa shape index (κ2) is 7.31. The summed E-state index contributed by atoms with van der Waals surface area (Å²) < 4.78 is 0. The molecular formula is C13H23N3O. The summed E-state index contributed by atoms with van der Waals surface area (Å²) in [6.45, 7) is 4.22. The van der Waals surface area contributed by atoms with Gasteiger partial charge in [-0.05, 0) is 33.4 Å². The van der Waals surface area contributed by atoms with E-state index in [0.717, 1.165) is 13.1 Å². The molecule has 1 rings (SSSR count). The molecule has 2 atom stereocenters. The largest absolute Gasteiger partial charge is 0.344 e. The van der Waals surface area contributed by atoms with Gasteiger partial charge in [-0.25, -0.2) is 0 Å². The Bertz CT molecular complexity index is 279. The average molecular weight is 237 g/mol. The van der Waals surface area contributed by atoms with Crippen LogP contribution in [0, 0.1) is 12.3 Å². The maximum Gasteiger partial charge on any atom is 0.237 e. The van der Waals surface area contributed by atoms with Gasteiger partial charge >= 0.3 is 0 Å². The van der Waals surface area contributed by atoms with Crippen LogP contribution >= 0.6 is 0 Å². The van der Waals surface area contributed by atoms with Gasteiger partial charge in [-0.15, -0.1) is 6.42 Å². The molecule has 1 saturated heterocycles. The van der Waals surface area contributed by atoms with Crippen LogP contribution in [0.4, 0.5) is 0 Å². The maximum atomic E-state index is 11.7. The molecule has 0 aromatic rings. The van der Waals surface area contributed by atoms with Crippen LogP contribution in [0.25, 0.3) is 0 Å². The van der Waals surface area contributed by atoms with Crippen molar-refractivity contribution in [2.75, 3.05) is 26.7 Å². The smallest absolute Gasteiger partial charge is 0.237 e. The molecule has 0 aromatic heterocycles. The topological polar surface area (TPSA) is 44.4 Å². The predicted molar refractivity (Wildman–Crippen MR) is 69.6 cm³/mol. The minimum Gasteiger partial charge on any atom is -0.344 e. The van der Waals surface area contributed by atoms with Crippen molar-refractivity contribution in [1.29, 1.82) is 0 Å². The zero-order valence-electron chi connectivity index (χ0n) is 10.8. The lowest BCUT2D eigenvalue weighted by Gasteiger charge is -2.31. The Balaban J connectivity index is 2.32. The van der Waals surface area contributed by atoms with Crippen molar-refractivity contribution < 1.29 is 4.79 Å². The molecule has 2 N–H and O–H groups in total. The number of amides is 1. The lowest BCUT2D eigenvalue weighted by molar-refractivity contribution is -0.125. The summed E-state index contributed by atoms with van der Waals surface area (Å²) in [5, 5.41) is 6.19. The quantitative estimate of drug-likeness (QED) is 0.671. The van der Waals surface area contributed by atoms with Crippen LogP contribution in [0.2, 0.25) is 0 Å². The highest BCUT2D eigenvalue weighted by Crippen LogP contribution is 2.09. The van der Waals surface area contributed by atoms with Crippen molar-refractivity contribution in [2.45, 2.75) is 38.3 Å². The number of nitrogens with one attached hydrogen (secondary N) is 2. The molecule has 0 spiro atoms. The molecule has 4 heteroatoms. The number of rotatable bonds is 5. The Morgan fingerprint density at radius 1 is 1.65 bits per heavy atom. The molecule has 96 valence electrons. The normalized spacial score (nSPS) is 21.9. The molecule has 0 aliphatic carbocycles. The van der Waals surface area contributed by atoms with Gasteiger partial charge in [-0.1, -0.05) is 12.3 Å². The van der Waals surface area contributed by atoms with Crippen molar-refractivity contribution in [2.24, 2.45) is 0 Å². The summed E-state index contributed by atoms with van der Waals surface area (Å²) in [4.78, 5) is 13.8. The lowest BCUT2D eigenvalue weighted by Crippen LogP contribution is -2.49. The molecule has 0 radical (unpaired) electrons. The molecule has 1 heterocycles. The molecule has 4 nitrogen and oxygen atoms in total. The van der Waals surface area contributed by atoms with Gasteiger partial charge in [0.2, 0.25) is 5.91 Å². The minimum atomic E-state index is -0.132. The molecule has 0 aromatic carbocycles. The number of carbonyl (C=O) groups excluding carboxylic acids is 1. The Morgan fingerprint density at radius 3 is 3.00 bits per heavy atom. The fraction of sp³-hybridized carbons (Fsp3) is 0.769. The highest BCUT2D eigenvalue weighted by Gasteiger charge is 2.21. The number of piperidine rings is 1. The maximum absolute atomic E-state index is 11.7. The molecular weight excluding hydrogens is 214 g/mol. The van der Waals surface area contributed by atoms with Gasteiger partial charge in [0.1, 0.15) is 0 Å². The first-order chi connectivity index (χ1) is 8.15. The van der Waals surface area contributed by atoms with Gasteiger partial charge in [0.25, 0.3) is 0 Å². The zero-order valence-corrected chi connectivity index (χ0v) is 10.8. The Labute approximate surface area is 104 Å². The number of likely N-dealkylation sites (N-methyl/N-ethyl adjacent to an activating group) is 1. The summed E-state index contributed by atoms with van der Waals surface area (Å²) in [6, 6.07) is 0.378. The van der Waals surface area contributed by atoms with E-state index >= 15 is 0 Å². The second-order valence-electron chi connectivity index (χ2n) is 4.68. The fourth-order valence-corrected chi connectivity index (χ4v) is 2.07. The van der Waals surface area contributed by atoms with E-state index in [4.69, 9.17) is 6.42 Å². The molecule has 1 amide bonds. The van der Waals surface area contributed by atoms with E-state index in [-0.39, 0.29) is 11.9 Å². The minimum absolute atomic E-state index is 0.00117. The Morgan fingerprint density at radius 2 is 2.41 bits per heavy atom. The van der Waals surface area contributed by atoms with Crippen LogP contribution < -0.4 is 10.6 Å². The number of hydrogen-bond donors (Lipinski definition) is 2. The van der Waals surface area contributed by atoms with Crippen LogP contribution in [0.3, 0.4) is 0 Å². The van der Waals surface area contributed by atoms with Crippen molar-refractivity contribution in [1.82, 2.24) is 15.5 Å². The van der Waals surface area contributed by atoms with E-state index in [1.54, 1.807) is 0 Å². The highest BCUT2D eigenvalue weighted by molar-refractivity contribution is 5.81. The van der Waals surface area contributed by atoms with E-state index < -0.39 is 0 Å². The third-order valence-electron chi connectivity index (χ3n) is 3.33. The Kier molecular flexibility index (Phi) is 6.03. The third kappa shape index (κ3) is 4.76. The molecule has 0 bridgehead atoms. The number of hydrogen-bond acceptors (Lipinski definition) is 3. The summed E-state index contributed by atoms with van der Waals surface area (Å²) in [5.74, 6) is 2.41. The lowest BCUT2D eigenvalue weighted by atomic mass is 10.0. The van der Waals surface area contributed by atoms with Gasteiger partial charge < -0.3 is 10.6 Å². The fourth-order valence-electron chi connectivity index (χ4n) is 2.07. The molecule has 0 saturated carbocycles. The molecule has 1 aliphatic rings. The van der Waals surface area contributed by atoms with E-state index in [9.17, 15) is 4.79 Å². The summed E-state index contributed by atoms with van der Waals surface area (Å²) in [7, 11) is 1.98. The van der Waals surface area contributed by atoms with Crippen molar-refractivity contribution in [3.05, 3.63) is 0 Å². The zero-order chi connectivity index (χ0) is 12.7. The number of terminal acetylenes is 1. The van der Waals surface area contributed by atoms with Crippen molar-refractivity contribution in [3.63, 3.8) is 0 Å². The van der Waals surface area contributed by atoms with Crippen LogP contribution in [0.15, 0.2) is 0 Å². The van der Waals surface area contributed by atoms with Crippen LogP contribution in [0.5, 0.6) is 0 Å². The molecule has 1 aliphatic heterocycles. The van der Waals surface area contributed by atoms with Gasteiger partial charge in [-0.2, -0.15) is 0 Å². The summed E-state index contributed by atoms with van der Waals surface area (Å²) >= 11 is 0. The average Bonchev–Trinajstić information content (AvgIpc) is 2.36. The molecule has 2 unspecified atom stereocenters. The SMILES string of the molecule is C#CCNC(=O)C(C)N(C)CC1CCCCN1. The van der Waals surface area contributed by atoms with E-state index in [1.807, 2.05) is 14.0 Å². The first kappa shape index (κ1) is 14.0. The first-order valence-corrected chi connectivity index (χ1v) is 6.30. The predicted octanol–water partition coefficient (Wildman–Crippen LogP) is 0.198. The van der Waals surface area contributed by atoms with E-state index in [0.29, 0.717) is 12.6 Å². The summed E-state index contributed by atoms with van der Waals surface area (Å²) in [5.41, 5.74) is 0. The number of carbonyl (C=O) groups is 1. The van der Waals surface area contributed by atoms with E-state index in [1.165, 1.54) is 19.3 Å². The molecule has 1 fully saturated rings. The van der Waals surface area contributed by atoms with Crippen LogP contribution in [0.1, 0.15) is 26.2 Å². The third-order valence-corrected chi connectivity index (χ3v) is 3.33. The Hall–Kier alpha value is -1.05. The number of nitrogens with zero attached hydrogens (tertiary/aromatic N) is 1. The van der Waals surface area contributed by atoms with Gasteiger partial charge in [0.15, 0.2) is 0 Å². The van der Waals surface area contributed by atoms with Crippen LogP contribution in [-0.4, -0.2) is 49.6 Å². The highest BCUT2D eigenvalue weighted by atomic mass is 16.2.